The van der Waals surface area contributed by atoms with Crippen LogP contribution in [0.4, 0.5) is 0 Å². The number of aryl methyl sites for hydroxylation is 1. The van der Waals surface area contributed by atoms with E-state index >= 15 is 0 Å². The lowest BCUT2D eigenvalue weighted by Gasteiger charge is -2.26. The van der Waals surface area contributed by atoms with Crippen LogP contribution in [0.1, 0.15) is 48.2 Å². The molecule has 1 atom stereocenters. The first-order chi connectivity index (χ1) is 14.7. The first kappa shape index (κ1) is 17.9. The zero-order valence-electron chi connectivity index (χ0n) is 16.5. The Hall–Kier alpha value is -2.92. The van der Waals surface area contributed by atoms with Gasteiger partial charge in [0.2, 0.25) is 0 Å². The Balaban J connectivity index is 1.57. The number of imidazole rings is 1. The Morgan fingerprint density at radius 3 is 2.50 bits per heavy atom. The molecule has 0 spiro atoms. The van der Waals surface area contributed by atoms with Gasteiger partial charge in [-0.1, -0.05) is 35.9 Å². The number of aromatic nitrogens is 4. The fourth-order valence-corrected chi connectivity index (χ4v) is 4.76. The van der Waals surface area contributed by atoms with Crippen molar-refractivity contribution in [2.75, 3.05) is 0 Å². The van der Waals surface area contributed by atoms with Crippen LogP contribution in [-0.2, 0) is 12.8 Å². The van der Waals surface area contributed by atoms with Gasteiger partial charge in [-0.05, 0) is 67.5 Å². The molecule has 0 bridgehead atoms. The van der Waals surface area contributed by atoms with E-state index in [1.54, 1.807) is 10.9 Å². The minimum absolute atomic E-state index is 0.101. The topological polar surface area (TPSA) is 52.7 Å². The van der Waals surface area contributed by atoms with Crippen molar-refractivity contribution in [2.45, 2.75) is 44.1 Å². The summed E-state index contributed by atoms with van der Waals surface area (Å²) in [6, 6.07) is 16.4. The van der Waals surface area contributed by atoms with E-state index in [1.807, 2.05) is 24.3 Å². The molecule has 0 N–H and O–H groups in total. The number of nitrogens with zero attached hydrogens (tertiary/aromatic N) is 4. The Kier molecular flexibility index (Phi) is 4.06. The molecule has 6 heteroatoms. The Labute approximate surface area is 179 Å². The van der Waals surface area contributed by atoms with E-state index in [-0.39, 0.29) is 11.5 Å². The van der Waals surface area contributed by atoms with Gasteiger partial charge in [0.1, 0.15) is 5.82 Å². The van der Waals surface area contributed by atoms with Crippen molar-refractivity contribution >= 4 is 22.8 Å². The van der Waals surface area contributed by atoms with Gasteiger partial charge < -0.3 is 4.57 Å². The van der Waals surface area contributed by atoms with E-state index in [0.717, 1.165) is 49.3 Å². The highest BCUT2D eigenvalue weighted by Gasteiger charge is 2.30. The second-order valence-corrected chi connectivity index (χ2v) is 8.79. The van der Waals surface area contributed by atoms with Gasteiger partial charge in [-0.2, -0.15) is 0 Å². The Morgan fingerprint density at radius 2 is 1.73 bits per heavy atom. The lowest BCUT2D eigenvalue weighted by molar-refractivity contribution is 0.539. The van der Waals surface area contributed by atoms with Gasteiger partial charge in [0.15, 0.2) is 11.2 Å². The maximum Gasteiger partial charge on any atom is 0.286 e. The summed E-state index contributed by atoms with van der Waals surface area (Å²) in [5.74, 6) is 1.00. The first-order valence-corrected chi connectivity index (χ1v) is 10.9. The Morgan fingerprint density at radius 1 is 0.967 bits per heavy atom. The van der Waals surface area contributed by atoms with E-state index < -0.39 is 0 Å². The van der Waals surface area contributed by atoms with Crippen molar-refractivity contribution in [1.82, 2.24) is 19.1 Å². The quantitative estimate of drug-likeness (QED) is 0.480. The third-order valence-corrected chi connectivity index (χ3v) is 6.61. The average molecular weight is 417 g/mol. The molecule has 1 unspecified atom stereocenters. The average Bonchev–Trinajstić information content (AvgIpc) is 3.53. The molecule has 0 amide bonds. The fourth-order valence-electron chi connectivity index (χ4n) is 4.64. The van der Waals surface area contributed by atoms with Crippen LogP contribution in [0.25, 0.3) is 16.9 Å². The zero-order chi connectivity index (χ0) is 20.2. The largest absolute Gasteiger partial charge is 0.312 e. The van der Waals surface area contributed by atoms with Crippen LogP contribution < -0.4 is 5.56 Å². The zero-order valence-corrected chi connectivity index (χ0v) is 17.2. The summed E-state index contributed by atoms with van der Waals surface area (Å²) < 4.78 is 3.84. The second kappa shape index (κ2) is 6.81. The maximum absolute atomic E-state index is 13.6. The molecule has 150 valence electrons. The van der Waals surface area contributed by atoms with Gasteiger partial charge in [0.25, 0.3) is 5.56 Å². The molecule has 2 heterocycles. The molecule has 2 aromatic heterocycles. The molecule has 1 saturated carbocycles. The molecule has 0 aliphatic heterocycles. The molecule has 1 fully saturated rings. The predicted octanol–water partition coefficient (Wildman–Crippen LogP) is 4.84. The normalized spacial score (nSPS) is 18.5. The molecule has 30 heavy (non-hydrogen) atoms. The van der Waals surface area contributed by atoms with Crippen LogP contribution in [0.2, 0.25) is 5.02 Å². The number of halogens is 1. The van der Waals surface area contributed by atoms with Gasteiger partial charge in [-0.3, -0.25) is 9.36 Å². The molecular formula is C24H21ClN4O. The molecule has 0 saturated heterocycles. The van der Waals surface area contributed by atoms with E-state index in [4.69, 9.17) is 16.6 Å². The van der Waals surface area contributed by atoms with Crippen LogP contribution in [0, 0.1) is 0 Å². The molecule has 2 aliphatic rings. The van der Waals surface area contributed by atoms with Crippen LogP contribution in [0.15, 0.2) is 59.7 Å². The minimum Gasteiger partial charge on any atom is -0.312 e. The fraction of sp³-hybridized carbons (Fsp3) is 0.292. The highest BCUT2D eigenvalue weighted by molar-refractivity contribution is 6.30. The first-order valence-electron chi connectivity index (χ1n) is 10.5. The number of rotatable bonds is 3. The number of fused-ring (bicyclic) bond motifs is 2. The molecule has 2 aromatic carbocycles. The summed E-state index contributed by atoms with van der Waals surface area (Å²) in [5.41, 5.74) is 4.60. The van der Waals surface area contributed by atoms with Gasteiger partial charge in [-0.15, -0.1) is 0 Å². The summed E-state index contributed by atoms with van der Waals surface area (Å²) in [6.45, 7) is 0. The van der Waals surface area contributed by atoms with Crippen molar-refractivity contribution < 1.29 is 0 Å². The van der Waals surface area contributed by atoms with Gasteiger partial charge >= 0.3 is 0 Å². The van der Waals surface area contributed by atoms with Crippen LogP contribution in [0.3, 0.4) is 0 Å². The maximum atomic E-state index is 13.6. The molecule has 6 rings (SSSR count). The summed E-state index contributed by atoms with van der Waals surface area (Å²) >= 11 is 6.11. The smallest absolute Gasteiger partial charge is 0.286 e. The second-order valence-electron chi connectivity index (χ2n) is 8.35. The van der Waals surface area contributed by atoms with Crippen LogP contribution >= 0.6 is 11.6 Å². The standard InChI is InChI=1S/C24H21ClN4O/c25-18-7-9-20(10-8-18)29-22(17-6-5-15-3-1-2-4-16(15)13-17)27-23-21(24(29)30)26-14-28(23)19-11-12-19/h1-4,7-10,14,17,19H,5-6,11-13H2. The lowest BCUT2D eigenvalue weighted by Crippen LogP contribution is -2.28. The Bertz CT molecular complexity index is 1320. The van der Waals surface area contributed by atoms with Gasteiger partial charge in [-0.25, -0.2) is 9.97 Å². The van der Waals surface area contributed by atoms with Crippen molar-refractivity contribution in [3.8, 4) is 5.69 Å². The van der Waals surface area contributed by atoms with E-state index in [2.05, 4.69) is 33.8 Å². The number of benzene rings is 2. The molecule has 0 radical (unpaired) electrons. The van der Waals surface area contributed by atoms with Gasteiger partial charge in [0, 0.05) is 17.0 Å². The molecular weight excluding hydrogens is 396 g/mol. The summed E-state index contributed by atoms with van der Waals surface area (Å²) in [4.78, 5) is 23.1. The highest BCUT2D eigenvalue weighted by atomic mass is 35.5. The molecule has 4 aromatic rings. The molecule has 2 aliphatic carbocycles. The van der Waals surface area contributed by atoms with Crippen molar-refractivity contribution in [3.05, 3.63) is 87.2 Å². The highest BCUT2D eigenvalue weighted by Crippen LogP contribution is 2.37. The van der Waals surface area contributed by atoms with E-state index in [0.29, 0.717) is 16.6 Å². The van der Waals surface area contributed by atoms with Crippen molar-refractivity contribution in [1.29, 1.82) is 0 Å². The van der Waals surface area contributed by atoms with E-state index in [1.165, 1.54) is 11.1 Å². The SMILES string of the molecule is O=c1c2ncn(C3CC3)c2nc(C2CCc3ccccc3C2)n1-c1ccc(Cl)cc1. The predicted molar refractivity (Wildman–Crippen MR) is 118 cm³/mol. The van der Waals surface area contributed by atoms with Crippen LogP contribution in [-0.4, -0.2) is 19.1 Å². The summed E-state index contributed by atoms with van der Waals surface area (Å²) in [7, 11) is 0. The van der Waals surface area contributed by atoms with Crippen LogP contribution in [0.5, 0.6) is 0 Å². The summed E-state index contributed by atoms with van der Waals surface area (Å²) in [5, 5.41) is 0.645. The third-order valence-electron chi connectivity index (χ3n) is 6.36. The molecule has 5 nitrogen and oxygen atoms in total. The minimum atomic E-state index is -0.101. The monoisotopic (exact) mass is 416 g/mol. The van der Waals surface area contributed by atoms with E-state index in [9.17, 15) is 4.79 Å². The van der Waals surface area contributed by atoms with Crippen molar-refractivity contribution in [3.63, 3.8) is 0 Å². The number of hydrogen-bond acceptors (Lipinski definition) is 3. The number of hydrogen-bond donors (Lipinski definition) is 0. The lowest BCUT2D eigenvalue weighted by atomic mass is 9.83. The summed E-state index contributed by atoms with van der Waals surface area (Å²) in [6.07, 6.45) is 6.89. The third kappa shape index (κ3) is 2.88. The van der Waals surface area contributed by atoms with Gasteiger partial charge in [0.05, 0.1) is 12.0 Å². The van der Waals surface area contributed by atoms with Crippen molar-refractivity contribution in [2.24, 2.45) is 0 Å².